The van der Waals surface area contributed by atoms with Gasteiger partial charge >= 0.3 is 0 Å². The molecule has 0 saturated heterocycles. The molecule has 1 saturated carbocycles. The molecule has 132 valence electrons. The van der Waals surface area contributed by atoms with Crippen LogP contribution in [-0.4, -0.2) is 25.4 Å². The van der Waals surface area contributed by atoms with Crippen molar-refractivity contribution in [2.24, 2.45) is 0 Å². The van der Waals surface area contributed by atoms with Crippen molar-refractivity contribution >= 4 is 23.4 Å². The number of thioether (sulfide) groups is 1. The highest BCUT2D eigenvalue weighted by Gasteiger charge is 2.20. The summed E-state index contributed by atoms with van der Waals surface area (Å²) < 4.78 is 10.7. The van der Waals surface area contributed by atoms with E-state index in [2.05, 4.69) is 11.4 Å². The maximum absolute atomic E-state index is 12.8. The topological polar surface area (TPSA) is 47.6 Å². The Labute approximate surface area is 152 Å². The van der Waals surface area contributed by atoms with Crippen LogP contribution in [0.15, 0.2) is 47.4 Å². The Bertz CT molecular complexity index is 741. The van der Waals surface area contributed by atoms with E-state index in [1.54, 1.807) is 32.4 Å². The lowest BCUT2D eigenvalue weighted by Gasteiger charge is -2.16. The molecule has 2 aromatic rings. The van der Waals surface area contributed by atoms with E-state index in [0.717, 1.165) is 10.6 Å². The van der Waals surface area contributed by atoms with Crippen molar-refractivity contribution in [3.8, 4) is 11.5 Å². The lowest BCUT2D eigenvalue weighted by molar-refractivity contribution is 0.102. The fourth-order valence-corrected chi connectivity index (χ4v) is 4.45. The molecule has 1 N–H and O–H groups in total. The third kappa shape index (κ3) is 4.10. The minimum atomic E-state index is -0.199. The molecule has 0 spiro atoms. The van der Waals surface area contributed by atoms with Gasteiger partial charge in [0.05, 0.1) is 25.5 Å². The minimum absolute atomic E-state index is 0.199. The van der Waals surface area contributed by atoms with Crippen molar-refractivity contribution in [1.29, 1.82) is 0 Å². The predicted octanol–water partition coefficient (Wildman–Crippen LogP) is 4.99. The zero-order valence-corrected chi connectivity index (χ0v) is 15.4. The molecule has 1 aliphatic carbocycles. The molecule has 5 heteroatoms. The van der Waals surface area contributed by atoms with Crippen molar-refractivity contribution in [1.82, 2.24) is 0 Å². The second-order valence-corrected chi connectivity index (χ2v) is 7.36. The van der Waals surface area contributed by atoms with Crippen LogP contribution in [0.2, 0.25) is 0 Å². The van der Waals surface area contributed by atoms with Crippen molar-refractivity contribution in [2.75, 3.05) is 19.5 Å². The first-order valence-electron chi connectivity index (χ1n) is 8.51. The van der Waals surface area contributed by atoms with Crippen LogP contribution >= 0.6 is 11.8 Å². The number of rotatable bonds is 6. The smallest absolute Gasteiger partial charge is 0.259 e. The van der Waals surface area contributed by atoms with Crippen LogP contribution in [0.1, 0.15) is 36.0 Å². The highest BCUT2D eigenvalue weighted by molar-refractivity contribution is 8.00. The molecule has 0 radical (unpaired) electrons. The van der Waals surface area contributed by atoms with E-state index < -0.39 is 0 Å². The van der Waals surface area contributed by atoms with Gasteiger partial charge in [0, 0.05) is 10.1 Å². The van der Waals surface area contributed by atoms with Gasteiger partial charge in [0.15, 0.2) is 11.5 Å². The molecule has 0 aromatic heterocycles. The van der Waals surface area contributed by atoms with Gasteiger partial charge in [-0.15, -0.1) is 11.8 Å². The highest BCUT2D eigenvalue weighted by atomic mass is 32.2. The van der Waals surface area contributed by atoms with Gasteiger partial charge in [-0.05, 0) is 37.1 Å². The molecule has 0 aliphatic heterocycles. The quantitative estimate of drug-likeness (QED) is 0.791. The number of benzene rings is 2. The Kier molecular flexibility index (Phi) is 5.87. The van der Waals surface area contributed by atoms with Crippen molar-refractivity contribution < 1.29 is 14.3 Å². The van der Waals surface area contributed by atoms with Gasteiger partial charge < -0.3 is 14.8 Å². The number of carbonyl (C=O) groups is 1. The normalized spacial score (nSPS) is 14.3. The van der Waals surface area contributed by atoms with Gasteiger partial charge in [-0.1, -0.05) is 31.0 Å². The van der Waals surface area contributed by atoms with E-state index in [1.807, 2.05) is 30.0 Å². The summed E-state index contributed by atoms with van der Waals surface area (Å²) in [6.07, 6.45) is 5.09. The van der Waals surface area contributed by atoms with E-state index in [-0.39, 0.29) is 5.91 Å². The summed E-state index contributed by atoms with van der Waals surface area (Å²) in [7, 11) is 3.10. The van der Waals surface area contributed by atoms with Crippen LogP contribution in [0.25, 0.3) is 0 Å². The number of anilines is 1. The largest absolute Gasteiger partial charge is 0.493 e. The standard InChI is InChI=1S/C20H23NO3S/c1-23-17-12-7-10-15(19(17)24-2)20(22)21-16-11-5-6-13-18(16)25-14-8-3-4-9-14/h5-7,10-14H,3-4,8-9H2,1-2H3,(H,21,22). The molecule has 1 amide bonds. The number of nitrogens with one attached hydrogen (secondary N) is 1. The van der Waals surface area contributed by atoms with Gasteiger partial charge in [-0.3, -0.25) is 4.79 Å². The molecule has 0 unspecified atom stereocenters. The zero-order valence-electron chi connectivity index (χ0n) is 14.6. The number of methoxy groups -OCH3 is 2. The first-order valence-corrected chi connectivity index (χ1v) is 9.39. The maximum atomic E-state index is 12.8. The van der Waals surface area contributed by atoms with E-state index in [0.29, 0.717) is 22.3 Å². The average Bonchev–Trinajstić information content (AvgIpc) is 3.15. The third-order valence-electron chi connectivity index (χ3n) is 4.38. The van der Waals surface area contributed by atoms with Gasteiger partial charge in [-0.25, -0.2) is 0 Å². The Hall–Kier alpha value is -2.14. The van der Waals surface area contributed by atoms with E-state index >= 15 is 0 Å². The SMILES string of the molecule is COc1cccc(C(=O)Nc2ccccc2SC2CCCC2)c1OC. The summed E-state index contributed by atoms with van der Waals surface area (Å²) in [5.41, 5.74) is 1.30. The number of amides is 1. The average molecular weight is 357 g/mol. The van der Waals surface area contributed by atoms with Crippen LogP contribution in [-0.2, 0) is 0 Å². The summed E-state index contributed by atoms with van der Waals surface area (Å²) in [6, 6.07) is 13.3. The number of carbonyl (C=O) groups excluding carboxylic acids is 1. The van der Waals surface area contributed by atoms with Crippen LogP contribution in [0, 0.1) is 0 Å². The zero-order chi connectivity index (χ0) is 17.6. The monoisotopic (exact) mass is 357 g/mol. The fourth-order valence-electron chi connectivity index (χ4n) is 3.11. The summed E-state index contributed by atoms with van der Waals surface area (Å²) in [4.78, 5) is 13.9. The van der Waals surface area contributed by atoms with Crippen LogP contribution in [0.4, 0.5) is 5.69 Å². The number of ether oxygens (including phenoxy) is 2. The summed E-state index contributed by atoms with van der Waals surface area (Å²) in [6.45, 7) is 0. The fraction of sp³-hybridized carbons (Fsp3) is 0.350. The maximum Gasteiger partial charge on any atom is 0.259 e. The Balaban J connectivity index is 1.82. The van der Waals surface area contributed by atoms with E-state index in [4.69, 9.17) is 9.47 Å². The van der Waals surface area contributed by atoms with Gasteiger partial charge in [0.1, 0.15) is 0 Å². The predicted molar refractivity (Wildman–Crippen MR) is 102 cm³/mol. The molecular formula is C20H23NO3S. The number of para-hydroxylation sites is 2. The van der Waals surface area contributed by atoms with Gasteiger partial charge in [0.25, 0.3) is 5.91 Å². The Morgan fingerprint density at radius 3 is 2.52 bits per heavy atom. The molecular weight excluding hydrogens is 334 g/mol. The molecule has 2 aromatic carbocycles. The lowest BCUT2D eigenvalue weighted by Crippen LogP contribution is -2.14. The molecule has 0 bridgehead atoms. The van der Waals surface area contributed by atoms with Gasteiger partial charge in [-0.2, -0.15) is 0 Å². The van der Waals surface area contributed by atoms with Crippen molar-refractivity contribution in [2.45, 2.75) is 35.8 Å². The molecule has 25 heavy (non-hydrogen) atoms. The molecule has 3 rings (SSSR count). The molecule has 0 heterocycles. The van der Waals surface area contributed by atoms with Crippen LogP contribution in [0.3, 0.4) is 0 Å². The second kappa shape index (κ2) is 8.30. The molecule has 1 fully saturated rings. The summed E-state index contributed by atoms with van der Waals surface area (Å²) >= 11 is 1.86. The van der Waals surface area contributed by atoms with E-state index in [1.165, 1.54) is 25.7 Å². The third-order valence-corrected chi connectivity index (χ3v) is 5.79. The minimum Gasteiger partial charge on any atom is -0.493 e. The first-order chi connectivity index (χ1) is 12.2. The lowest BCUT2D eigenvalue weighted by atomic mass is 10.1. The molecule has 1 aliphatic rings. The summed E-state index contributed by atoms with van der Waals surface area (Å²) in [5, 5.41) is 3.67. The molecule has 0 atom stereocenters. The molecule has 4 nitrogen and oxygen atoms in total. The van der Waals surface area contributed by atoms with Crippen LogP contribution < -0.4 is 14.8 Å². The van der Waals surface area contributed by atoms with E-state index in [9.17, 15) is 4.79 Å². The number of hydrogen-bond acceptors (Lipinski definition) is 4. The number of hydrogen-bond donors (Lipinski definition) is 1. The van der Waals surface area contributed by atoms with Gasteiger partial charge in [0.2, 0.25) is 0 Å². The Morgan fingerprint density at radius 2 is 1.80 bits per heavy atom. The summed E-state index contributed by atoms with van der Waals surface area (Å²) in [5.74, 6) is 0.794. The Morgan fingerprint density at radius 1 is 1.04 bits per heavy atom. The van der Waals surface area contributed by atoms with Crippen molar-refractivity contribution in [3.05, 3.63) is 48.0 Å². The highest BCUT2D eigenvalue weighted by Crippen LogP contribution is 2.38. The van der Waals surface area contributed by atoms with Crippen LogP contribution in [0.5, 0.6) is 11.5 Å². The second-order valence-electron chi connectivity index (χ2n) is 6.02. The van der Waals surface area contributed by atoms with Crippen molar-refractivity contribution in [3.63, 3.8) is 0 Å². The first kappa shape index (κ1) is 17.7.